The van der Waals surface area contributed by atoms with E-state index in [1.54, 1.807) is 12.1 Å². The summed E-state index contributed by atoms with van der Waals surface area (Å²) in [5, 5.41) is 11.4. The molecule has 5 nitrogen and oxygen atoms in total. The lowest BCUT2D eigenvalue weighted by atomic mass is 9.94. The molecule has 1 heterocycles. The molecule has 186 valence electrons. The third-order valence-electron chi connectivity index (χ3n) is 6.90. The highest BCUT2D eigenvalue weighted by Crippen LogP contribution is 2.43. The summed E-state index contributed by atoms with van der Waals surface area (Å²) in [6.07, 6.45) is 0.872. The number of carbonyl (C=O) groups excluding carboxylic acids is 2. The summed E-state index contributed by atoms with van der Waals surface area (Å²) in [6.45, 7) is 12.0. The lowest BCUT2D eigenvalue weighted by Crippen LogP contribution is -2.29. The van der Waals surface area contributed by atoms with Gasteiger partial charge in [0.2, 0.25) is 0 Å². The molecular weight excluding hydrogens is 448 g/mol. The molecule has 4 rings (SSSR count). The molecule has 36 heavy (non-hydrogen) atoms. The van der Waals surface area contributed by atoms with Crippen molar-refractivity contribution in [1.82, 2.24) is 0 Å². The number of Topliss-reactive ketones (excluding diaryl/α,β-unsaturated/α-hetero) is 1. The molecule has 1 aliphatic rings. The molecule has 1 aliphatic heterocycles. The van der Waals surface area contributed by atoms with E-state index in [0.29, 0.717) is 11.3 Å². The van der Waals surface area contributed by atoms with Gasteiger partial charge in [0.1, 0.15) is 5.76 Å². The highest BCUT2D eigenvalue weighted by Gasteiger charge is 2.47. The Morgan fingerprint density at radius 2 is 1.44 bits per heavy atom. The molecule has 0 saturated carbocycles. The largest absolute Gasteiger partial charge is 0.507 e. The number of nitrogens with zero attached hydrogens (tertiary/aromatic N) is 2. The van der Waals surface area contributed by atoms with Crippen LogP contribution in [0.25, 0.3) is 5.76 Å². The van der Waals surface area contributed by atoms with Crippen LogP contribution in [0.5, 0.6) is 0 Å². The van der Waals surface area contributed by atoms with Crippen LogP contribution >= 0.6 is 0 Å². The number of ketones is 1. The van der Waals surface area contributed by atoms with Crippen LogP contribution in [0.1, 0.15) is 54.6 Å². The first-order valence-electron chi connectivity index (χ1n) is 12.6. The first-order chi connectivity index (χ1) is 17.3. The van der Waals surface area contributed by atoms with Crippen molar-refractivity contribution in [1.29, 1.82) is 0 Å². The van der Waals surface area contributed by atoms with Crippen LogP contribution < -0.4 is 9.80 Å². The summed E-state index contributed by atoms with van der Waals surface area (Å²) in [4.78, 5) is 30.6. The van der Waals surface area contributed by atoms with Crippen molar-refractivity contribution in [2.75, 3.05) is 22.9 Å². The molecule has 1 N–H and O–H groups in total. The minimum Gasteiger partial charge on any atom is -0.507 e. The third kappa shape index (κ3) is 4.66. The monoisotopic (exact) mass is 482 g/mol. The van der Waals surface area contributed by atoms with Crippen LogP contribution in [0.2, 0.25) is 0 Å². The summed E-state index contributed by atoms with van der Waals surface area (Å²) < 4.78 is 0. The van der Waals surface area contributed by atoms with Crippen LogP contribution in [0.3, 0.4) is 0 Å². The lowest BCUT2D eigenvalue weighted by Gasteiger charge is -2.27. The molecule has 0 aliphatic carbocycles. The van der Waals surface area contributed by atoms with E-state index < -0.39 is 17.7 Å². The first-order valence-corrected chi connectivity index (χ1v) is 12.6. The van der Waals surface area contributed by atoms with Crippen molar-refractivity contribution in [3.05, 3.63) is 100 Å². The lowest BCUT2D eigenvalue weighted by molar-refractivity contribution is -0.132. The van der Waals surface area contributed by atoms with Gasteiger partial charge in [-0.15, -0.1) is 0 Å². The minimum atomic E-state index is -0.734. The summed E-state index contributed by atoms with van der Waals surface area (Å²) in [7, 11) is 0. The van der Waals surface area contributed by atoms with E-state index in [4.69, 9.17) is 0 Å². The van der Waals surface area contributed by atoms with Crippen LogP contribution in [0.15, 0.2) is 72.3 Å². The number of aryl methyl sites for hydroxylation is 3. The molecule has 5 heteroatoms. The van der Waals surface area contributed by atoms with Crippen molar-refractivity contribution >= 4 is 28.8 Å². The average molecular weight is 483 g/mol. The number of benzene rings is 3. The molecule has 0 bridgehead atoms. The van der Waals surface area contributed by atoms with Gasteiger partial charge in [-0.05, 0) is 80.6 Å². The molecule has 1 fully saturated rings. The number of aliphatic hydroxyl groups is 1. The van der Waals surface area contributed by atoms with Crippen molar-refractivity contribution in [2.24, 2.45) is 0 Å². The quantitative estimate of drug-likeness (QED) is 0.243. The molecule has 0 spiro atoms. The van der Waals surface area contributed by atoms with Gasteiger partial charge in [0.15, 0.2) is 0 Å². The number of hydrogen-bond donors (Lipinski definition) is 1. The van der Waals surface area contributed by atoms with Crippen LogP contribution in [0, 0.1) is 13.8 Å². The number of aliphatic hydroxyl groups excluding tert-OH is 1. The summed E-state index contributed by atoms with van der Waals surface area (Å²) in [5.74, 6) is -1.46. The Hall–Kier alpha value is -3.86. The fraction of sp³-hybridized carbons (Fsp3) is 0.290. The highest BCUT2D eigenvalue weighted by molar-refractivity contribution is 6.51. The number of amides is 1. The van der Waals surface area contributed by atoms with Gasteiger partial charge in [-0.1, -0.05) is 49.4 Å². The fourth-order valence-corrected chi connectivity index (χ4v) is 5.01. The van der Waals surface area contributed by atoms with Crippen molar-refractivity contribution in [3.63, 3.8) is 0 Å². The van der Waals surface area contributed by atoms with Gasteiger partial charge in [0.25, 0.3) is 11.7 Å². The van der Waals surface area contributed by atoms with Gasteiger partial charge in [-0.3, -0.25) is 14.5 Å². The molecule has 1 amide bonds. The molecule has 3 aromatic carbocycles. The zero-order chi connectivity index (χ0) is 26.0. The fourth-order valence-electron chi connectivity index (χ4n) is 5.01. The summed E-state index contributed by atoms with van der Waals surface area (Å²) in [6, 6.07) is 20.5. The Morgan fingerprint density at radius 3 is 1.97 bits per heavy atom. The van der Waals surface area contributed by atoms with Crippen molar-refractivity contribution in [2.45, 2.75) is 47.1 Å². The second-order valence-corrected chi connectivity index (χ2v) is 9.33. The van der Waals surface area contributed by atoms with Gasteiger partial charge >= 0.3 is 0 Å². The predicted molar refractivity (Wildman–Crippen MR) is 147 cm³/mol. The van der Waals surface area contributed by atoms with Gasteiger partial charge in [-0.25, -0.2) is 0 Å². The number of rotatable bonds is 7. The number of hydrogen-bond acceptors (Lipinski definition) is 4. The SMILES string of the molecule is CCc1ccc(/C(O)=C2\C(=O)C(=O)N(c3cc(C)cc(C)c3)C2c2ccc(N(CC)CC)cc2)cc1. The predicted octanol–water partition coefficient (Wildman–Crippen LogP) is 6.34. The zero-order valence-electron chi connectivity index (χ0n) is 21.7. The maximum Gasteiger partial charge on any atom is 0.300 e. The van der Waals surface area contributed by atoms with E-state index in [9.17, 15) is 14.7 Å². The standard InChI is InChI=1S/C31H34N2O3/c1-6-22-9-11-24(12-10-22)29(34)27-28(23-13-15-25(16-14-23)32(7-2)8-3)33(31(36)30(27)35)26-18-20(4)17-21(5)19-26/h9-19,28,34H,6-8H2,1-5H3/b29-27+. The molecule has 1 saturated heterocycles. The Morgan fingerprint density at radius 1 is 0.861 bits per heavy atom. The second-order valence-electron chi connectivity index (χ2n) is 9.33. The average Bonchev–Trinajstić information content (AvgIpc) is 3.14. The normalized spacial score (nSPS) is 17.0. The maximum absolute atomic E-state index is 13.4. The summed E-state index contributed by atoms with van der Waals surface area (Å²) in [5.41, 5.74) is 6.25. The van der Waals surface area contributed by atoms with E-state index in [2.05, 4.69) is 25.7 Å². The molecular formula is C31H34N2O3. The van der Waals surface area contributed by atoms with Gasteiger partial charge in [0, 0.05) is 30.0 Å². The summed E-state index contributed by atoms with van der Waals surface area (Å²) >= 11 is 0. The Kier molecular flexibility index (Phi) is 7.30. The molecule has 3 aromatic rings. The zero-order valence-corrected chi connectivity index (χ0v) is 21.7. The molecule has 0 aromatic heterocycles. The third-order valence-corrected chi connectivity index (χ3v) is 6.90. The smallest absolute Gasteiger partial charge is 0.300 e. The Labute approximate surface area is 213 Å². The van der Waals surface area contributed by atoms with Crippen LogP contribution in [-0.4, -0.2) is 29.9 Å². The maximum atomic E-state index is 13.4. The number of anilines is 2. The van der Waals surface area contributed by atoms with E-state index in [0.717, 1.165) is 47.5 Å². The number of carbonyl (C=O) groups is 2. The van der Waals surface area contributed by atoms with Gasteiger partial charge < -0.3 is 10.0 Å². The first kappa shape index (κ1) is 25.2. The van der Waals surface area contributed by atoms with E-state index in [1.807, 2.05) is 68.4 Å². The molecule has 0 radical (unpaired) electrons. The van der Waals surface area contributed by atoms with Crippen molar-refractivity contribution < 1.29 is 14.7 Å². The van der Waals surface area contributed by atoms with E-state index >= 15 is 0 Å². The minimum absolute atomic E-state index is 0.110. The molecule has 1 atom stereocenters. The Balaban J connectivity index is 1.90. The van der Waals surface area contributed by atoms with Crippen LogP contribution in [-0.2, 0) is 16.0 Å². The molecule has 1 unspecified atom stereocenters. The van der Waals surface area contributed by atoms with Crippen molar-refractivity contribution in [3.8, 4) is 0 Å². The second kappa shape index (κ2) is 10.4. The van der Waals surface area contributed by atoms with Crippen LogP contribution in [0.4, 0.5) is 11.4 Å². The topological polar surface area (TPSA) is 60.9 Å². The van der Waals surface area contributed by atoms with Gasteiger partial charge in [0.05, 0.1) is 11.6 Å². The van der Waals surface area contributed by atoms with E-state index in [-0.39, 0.29) is 11.3 Å². The highest BCUT2D eigenvalue weighted by atomic mass is 16.3. The Bertz CT molecular complexity index is 1280. The van der Waals surface area contributed by atoms with Gasteiger partial charge in [-0.2, -0.15) is 0 Å². The van der Waals surface area contributed by atoms with E-state index in [1.165, 1.54) is 4.90 Å².